The van der Waals surface area contributed by atoms with E-state index in [1.807, 2.05) is 24.3 Å². The Morgan fingerprint density at radius 3 is 2.38 bits per heavy atom. The summed E-state index contributed by atoms with van der Waals surface area (Å²) < 4.78 is 39.7. The van der Waals surface area contributed by atoms with E-state index in [4.69, 9.17) is 5.73 Å². The molecule has 2 N–H and O–H groups in total. The van der Waals surface area contributed by atoms with Crippen molar-refractivity contribution in [2.75, 3.05) is 0 Å². The van der Waals surface area contributed by atoms with Crippen molar-refractivity contribution in [2.24, 2.45) is 5.73 Å². The van der Waals surface area contributed by atoms with Crippen LogP contribution in [-0.2, 0) is 33.5 Å². The monoisotopic (exact) mass is 348 g/mol. The fraction of sp³-hybridized carbons (Fsp3) is 0.235. The normalized spacial score (nSPS) is 18.1. The molecule has 1 aliphatic heterocycles. The van der Waals surface area contributed by atoms with Crippen molar-refractivity contribution >= 4 is 15.9 Å². The van der Waals surface area contributed by atoms with Crippen molar-refractivity contribution in [1.29, 1.82) is 0 Å². The Labute approximate surface area is 139 Å². The lowest BCUT2D eigenvalue weighted by Crippen LogP contribution is -2.51. The summed E-state index contributed by atoms with van der Waals surface area (Å²) in [5.74, 6) is -1.41. The van der Waals surface area contributed by atoms with E-state index in [0.29, 0.717) is 5.56 Å². The topological polar surface area (TPSA) is 80.5 Å². The second-order valence-corrected chi connectivity index (χ2v) is 7.74. The van der Waals surface area contributed by atoms with Gasteiger partial charge in [0.15, 0.2) is 0 Å². The predicted molar refractivity (Wildman–Crippen MR) is 87.7 cm³/mol. The molecule has 0 bridgehead atoms. The van der Waals surface area contributed by atoms with Crippen LogP contribution in [0.2, 0.25) is 0 Å². The minimum atomic E-state index is -3.78. The first-order valence-corrected chi connectivity index (χ1v) is 9.08. The Bertz CT molecular complexity index is 866. The number of primary amides is 1. The van der Waals surface area contributed by atoms with Gasteiger partial charge in [0.05, 0.1) is 5.75 Å². The lowest BCUT2D eigenvalue weighted by atomic mass is 9.96. The summed E-state index contributed by atoms with van der Waals surface area (Å²) in [4.78, 5) is 11.8. The minimum absolute atomic E-state index is 0.104. The highest BCUT2D eigenvalue weighted by Crippen LogP contribution is 2.27. The van der Waals surface area contributed by atoms with Gasteiger partial charge in [-0.05, 0) is 35.2 Å². The fourth-order valence-corrected chi connectivity index (χ4v) is 4.59. The van der Waals surface area contributed by atoms with E-state index in [9.17, 15) is 17.6 Å². The van der Waals surface area contributed by atoms with Gasteiger partial charge < -0.3 is 5.73 Å². The van der Waals surface area contributed by atoms with Crippen molar-refractivity contribution in [3.8, 4) is 0 Å². The molecule has 1 amide bonds. The molecule has 0 unspecified atom stereocenters. The molecule has 0 aromatic heterocycles. The largest absolute Gasteiger partial charge is 0.368 e. The SMILES string of the molecule is NC(=O)[C@H]1Cc2ccccc2CN1S(=O)(=O)Cc1ccc(F)cc1. The summed E-state index contributed by atoms with van der Waals surface area (Å²) in [6.07, 6.45) is 0.258. The second-order valence-electron chi connectivity index (χ2n) is 5.82. The quantitative estimate of drug-likeness (QED) is 0.911. The number of rotatable bonds is 4. The maximum atomic E-state index is 13.0. The number of sulfonamides is 1. The van der Waals surface area contributed by atoms with Crippen LogP contribution in [-0.4, -0.2) is 24.7 Å². The average Bonchev–Trinajstić information content (AvgIpc) is 2.55. The first-order valence-electron chi connectivity index (χ1n) is 7.47. The van der Waals surface area contributed by atoms with Gasteiger partial charge in [-0.1, -0.05) is 36.4 Å². The van der Waals surface area contributed by atoms with E-state index in [2.05, 4.69) is 0 Å². The van der Waals surface area contributed by atoms with Gasteiger partial charge in [-0.25, -0.2) is 12.8 Å². The number of fused-ring (bicyclic) bond motifs is 1. The third kappa shape index (κ3) is 3.32. The molecule has 2 aromatic rings. The standard InChI is InChI=1S/C17H17FN2O3S/c18-15-7-5-12(6-8-15)11-24(22,23)20-10-14-4-2-1-3-13(14)9-16(20)17(19)21/h1-8,16H,9-11H2,(H2,19,21)/t16-/m1/s1. The first-order chi connectivity index (χ1) is 11.4. The summed E-state index contributed by atoms with van der Waals surface area (Å²) in [7, 11) is -3.78. The molecule has 1 atom stereocenters. The number of hydrogen-bond donors (Lipinski definition) is 1. The van der Waals surface area contributed by atoms with Crippen LogP contribution in [0.15, 0.2) is 48.5 Å². The maximum Gasteiger partial charge on any atom is 0.236 e. The van der Waals surface area contributed by atoms with E-state index < -0.39 is 27.8 Å². The van der Waals surface area contributed by atoms with Gasteiger partial charge in [0.2, 0.25) is 15.9 Å². The van der Waals surface area contributed by atoms with Crippen LogP contribution in [0.1, 0.15) is 16.7 Å². The lowest BCUT2D eigenvalue weighted by Gasteiger charge is -2.34. The van der Waals surface area contributed by atoms with Crippen molar-refractivity contribution in [3.05, 3.63) is 71.0 Å². The first kappa shape index (κ1) is 16.6. The van der Waals surface area contributed by atoms with E-state index in [0.717, 1.165) is 15.4 Å². The summed E-state index contributed by atoms with van der Waals surface area (Å²) in [6.45, 7) is 0.104. The van der Waals surface area contributed by atoms with E-state index >= 15 is 0 Å². The zero-order valence-electron chi connectivity index (χ0n) is 12.9. The van der Waals surface area contributed by atoms with Crippen molar-refractivity contribution in [3.63, 3.8) is 0 Å². The van der Waals surface area contributed by atoms with Crippen LogP contribution in [0, 0.1) is 5.82 Å². The van der Waals surface area contributed by atoms with Gasteiger partial charge in [-0.15, -0.1) is 0 Å². The van der Waals surface area contributed by atoms with Gasteiger partial charge in [-0.2, -0.15) is 4.31 Å². The molecule has 0 spiro atoms. The third-order valence-electron chi connectivity index (χ3n) is 4.15. The van der Waals surface area contributed by atoms with Crippen LogP contribution < -0.4 is 5.73 Å². The minimum Gasteiger partial charge on any atom is -0.368 e. The Morgan fingerprint density at radius 1 is 1.12 bits per heavy atom. The summed E-state index contributed by atoms with van der Waals surface area (Å²) in [5, 5.41) is 0. The molecule has 0 aliphatic carbocycles. The van der Waals surface area contributed by atoms with Crippen LogP contribution in [0.4, 0.5) is 4.39 Å². The van der Waals surface area contributed by atoms with E-state index in [1.165, 1.54) is 24.3 Å². The molecule has 126 valence electrons. The number of benzene rings is 2. The number of hydrogen-bond acceptors (Lipinski definition) is 3. The van der Waals surface area contributed by atoms with Crippen LogP contribution in [0.3, 0.4) is 0 Å². The molecule has 0 radical (unpaired) electrons. The Morgan fingerprint density at radius 2 is 1.75 bits per heavy atom. The predicted octanol–water partition coefficient (Wildman–Crippen LogP) is 1.57. The Balaban J connectivity index is 1.92. The van der Waals surface area contributed by atoms with Crippen molar-refractivity contribution in [2.45, 2.75) is 24.8 Å². The number of carbonyl (C=O) groups excluding carboxylic acids is 1. The summed E-state index contributed by atoms with van der Waals surface area (Å²) >= 11 is 0. The molecule has 0 fully saturated rings. The molecule has 5 nitrogen and oxygen atoms in total. The molecular formula is C17H17FN2O3S. The van der Waals surface area contributed by atoms with E-state index in [-0.39, 0.29) is 18.7 Å². The molecule has 1 heterocycles. The summed E-state index contributed by atoms with van der Waals surface area (Å²) in [6, 6.07) is 11.7. The highest BCUT2D eigenvalue weighted by Gasteiger charge is 2.37. The molecular weight excluding hydrogens is 331 g/mol. The number of nitrogens with zero attached hydrogens (tertiary/aromatic N) is 1. The molecule has 0 saturated heterocycles. The molecule has 3 rings (SSSR count). The number of carbonyl (C=O) groups is 1. The van der Waals surface area contributed by atoms with E-state index in [1.54, 1.807) is 0 Å². The smallest absolute Gasteiger partial charge is 0.236 e. The van der Waals surface area contributed by atoms with Gasteiger partial charge in [-0.3, -0.25) is 4.79 Å². The van der Waals surface area contributed by atoms with Crippen molar-refractivity contribution in [1.82, 2.24) is 4.31 Å². The highest BCUT2D eigenvalue weighted by molar-refractivity contribution is 7.88. The summed E-state index contributed by atoms with van der Waals surface area (Å²) in [5.41, 5.74) is 7.67. The Kier molecular flexibility index (Phi) is 4.38. The van der Waals surface area contributed by atoms with Crippen LogP contribution in [0.5, 0.6) is 0 Å². The Hall–Kier alpha value is -2.25. The van der Waals surface area contributed by atoms with Crippen LogP contribution >= 0.6 is 0 Å². The lowest BCUT2D eigenvalue weighted by molar-refractivity contribution is -0.122. The average molecular weight is 348 g/mol. The van der Waals surface area contributed by atoms with Crippen molar-refractivity contribution < 1.29 is 17.6 Å². The zero-order valence-corrected chi connectivity index (χ0v) is 13.7. The number of halogens is 1. The van der Waals surface area contributed by atoms with Crippen LogP contribution in [0.25, 0.3) is 0 Å². The molecule has 24 heavy (non-hydrogen) atoms. The molecule has 7 heteroatoms. The second kappa shape index (κ2) is 6.33. The zero-order chi connectivity index (χ0) is 17.3. The van der Waals surface area contributed by atoms with Gasteiger partial charge in [0.25, 0.3) is 0 Å². The van der Waals surface area contributed by atoms with Gasteiger partial charge in [0, 0.05) is 6.54 Å². The number of amides is 1. The number of nitrogens with two attached hydrogens (primary N) is 1. The van der Waals surface area contributed by atoms with Gasteiger partial charge in [0.1, 0.15) is 11.9 Å². The highest BCUT2D eigenvalue weighted by atomic mass is 32.2. The fourth-order valence-electron chi connectivity index (χ4n) is 2.91. The maximum absolute atomic E-state index is 13.0. The molecule has 2 aromatic carbocycles. The molecule has 1 aliphatic rings. The molecule has 0 saturated carbocycles. The van der Waals surface area contributed by atoms with Gasteiger partial charge >= 0.3 is 0 Å². The third-order valence-corrected chi connectivity index (χ3v) is 5.95.